The monoisotopic (exact) mass is 206 g/mol. The molecule has 0 aromatic heterocycles. The van der Waals surface area contributed by atoms with Crippen molar-refractivity contribution in [3.63, 3.8) is 0 Å². The van der Waals surface area contributed by atoms with Gasteiger partial charge < -0.3 is 0 Å². The Morgan fingerprint density at radius 1 is 1.46 bits per heavy atom. The summed E-state index contributed by atoms with van der Waals surface area (Å²) in [5.74, 6) is 0. The van der Waals surface area contributed by atoms with Gasteiger partial charge >= 0.3 is 29.6 Å². The molecule has 0 saturated heterocycles. The van der Waals surface area contributed by atoms with Crippen molar-refractivity contribution in [2.24, 2.45) is 0 Å². The predicted octanol–water partition coefficient (Wildman–Crippen LogP) is -1.62. The zero-order valence-electron chi connectivity index (χ0n) is 7.19. The summed E-state index contributed by atoms with van der Waals surface area (Å²) in [6.45, 7) is 3.48. The Morgan fingerprint density at radius 3 is 2.38 bits per heavy atom. The summed E-state index contributed by atoms with van der Waals surface area (Å²) < 4.78 is 29.7. The minimum atomic E-state index is -4.09. The van der Waals surface area contributed by atoms with Crippen molar-refractivity contribution in [2.45, 2.75) is 4.90 Å². The number of hydrogen-bond acceptors (Lipinski definition) is 2. The summed E-state index contributed by atoms with van der Waals surface area (Å²) in [6.07, 6.45) is 1.54. The van der Waals surface area contributed by atoms with Gasteiger partial charge in [-0.3, -0.25) is 4.55 Å². The normalized spacial score (nSPS) is 10.2. The van der Waals surface area contributed by atoms with Crippen molar-refractivity contribution in [3.8, 4) is 0 Å². The van der Waals surface area contributed by atoms with E-state index in [2.05, 4.69) is 12.6 Å². The van der Waals surface area contributed by atoms with Crippen LogP contribution in [0.2, 0.25) is 0 Å². The minimum Gasteiger partial charge on any atom is -0.289 e. The van der Waals surface area contributed by atoms with Crippen LogP contribution in [0.4, 0.5) is 0 Å². The van der Waals surface area contributed by atoms with Crippen molar-refractivity contribution in [1.29, 1.82) is 0 Å². The van der Waals surface area contributed by atoms with Gasteiger partial charge in [0.15, 0.2) is 0 Å². The van der Waals surface area contributed by atoms with Crippen LogP contribution in [0, 0.1) is 6.07 Å². The molecule has 13 heavy (non-hydrogen) atoms. The average Bonchev–Trinajstić information content (AvgIpc) is 2.03. The third-order valence-corrected chi connectivity index (χ3v) is 2.18. The van der Waals surface area contributed by atoms with Crippen LogP contribution in [0.3, 0.4) is 0 Å². The first-order chi connectivity index (χ1) is 5.54. The Bertz CT molecular complexity index is 380. The fourth-order valence-corrected chi connectivity index (χ4v) is 1.16. The maximum atomic E-state index is 10.5. The molecule has 0 amide bonds. The number of benzene rings is 1. The van der Waals surface area contributed by atoms with Gasteiger partial charge in [0, 0.05) is 4.90 Å². The molecule has 0 unspecified atom stereocenters. The van der Waals surface area contributed by atoms with Gasteiger partial charge in [-0.05, 0) is 0 Å². The SMILES string of the molecule is C=Cc1[c-]cc(S(=O)(=O)O)cc1.[Na+]. The second-order valence-corrected chi connectivity index (χ2v) is 3.58. The molecule has 3 nitrogen and oxygen atoms in total. The van der Waals surface area contributed by atoms with Gasteiger partial charge in [-0.1, -0.05) is 0 Å². The van der Waals surface area contributed by atoms with Gasteiger partial charge in [0.1, 0.15) is 0 Å². The second-order valence-electron chi connectivity index (χ2n) is 2.16. The minimum absolute atomic E-state index is 0. The van der Waals surface area contributed by atoms with E-state index >= 15 is 0 Å². The molecule has 0 fully saturated rings. The summed E-state index contributed by atoms with van der Waals surface area (Å²) >= 11 is 0. The standard InChI is InChI=1S/C8H7O3S.Na/c1-2-7-3-5-8(6-4-7)12(9,10)11;/h2-3,5-6H,1H2,(H,9,10,11);/q-1;+1. The largest absolute Gasteiger partial charge is 1.00 e. The zero-order chi connectivity index (χ0) is 9.19. The molecule has 1 aromatic rings. The second kappa shape index (κ2) is 4.93. The molecule has 64 valence electrons. The van der Waals surface area contributed by atoms with E-state index in [1.54, 1.807) is 0 Å². The van der Waals surface area contributed by atoms with E-state index in [9.17, 15) is 8.42 Å². The Balaban J connectivity index is 0.00000144. The molecule has 1 aromatic carbocycles. The van der Waals surface area contributed by atoms with Crippen LogP contribution in [0.5, 0.6) is 0 Å². The van der Waals surface area contributed by atoms with Crippen molar-refractivity contribution in [1.82, 2.24) is 0 Å². The summed E-state index contributed by atoms with van der Waals surface area (Å²) in [5.41, 5.74) is 0.683. The third kappa shape index (κ3) is 3.62. The molecule has 0 heterocycles. The van der Waals surface area contributed by atoms with Gasteiger partial charge in [-0.2, -0.15) is 5.56 Å². The van der Waals surface area contributed by atoms with E-state index in [0.717, 1.165) is 0 Å². The molecule has 0 radical (unpaired) electrons. The molecule has 0 aliphatic carbocycles. The fourth-order valence-electron chi connectivity index (χ4n) is 0.710. The van der Waals surface area contributed by atoms with Crippen molar-refractivity contribution in [2.75, 3.05) is 0 Å². The van der Waals surface area contributed by atoms with Crippen LogP contribution in [-0.4, -0.2) is 13.0 Å². The number of hydrogen-bond donors (Lipinski definition) is 1. The molecule has 0 aliphatic rings. The molecule has 0 saturated carbocycles. The molecular formula is C8H7NaO3S. The van der Waals surface area contributed by atoms with Crippen LogP contribution < -0.4 is 29.6 Å². The fraction of sp³-hybridized carbons (Fsp3) is 0. The molecule has 1 rings (SSSR count). The Kier molecular flexibility index (Phi) is 4.88. The van der Waals surface area contributed by atoms with Gasteiger partial charge in [0.05, 0.1) is 0 Å². The first-order valence-corrected chi connectivity index (χ1v) is 4.60. The van der Waals surface area contributed by atoms with Crippen molar-refractivity contribution in [3.05, 3.63) is 36.4 Å². The Morgan fingerprint density at radius 2 is 2.08 bits per heavy atom. The molecule has 0 atom stereocenters. The molecular weight excluding hydrogens is 199 g/mol. The third-order valence-electron chi connectivity index (χ3n) is 1.33. The molecule has 0 bridgehead atoms. The smallest absolute Gasteiger partial charge is 0.289 e. The van der Waals surface area contributed by atoms with Crippen LogP contribution in [0.25, 0.3) is 6.08 Å². The maximum Gasteiger partial charge on any atom is 1.00 e. The first-order valence-electron chi connectivity index (χ1n) is 3.15. The summed E-state index contributed by atoms with van der Waals surface area (Å²) in [6, 6.07) is 6.64. The maximum absolute atomic E-state index is 10.5. The van der Waals surface area contributed by atoms with Gasteiger partial charge in [-0.25, -0.2) is 8.42 Å². The molecule has 0 aliphatic heterocycles. The van der Waals surface area contributed by atoms with E-state index < -0.39 is 10.1 Å². The first kappa shape index (κ1) is 12.9. The van der Waals surface area contributed by atoms with Gasteiger partial charge in [-0.15, -0.1) is 36.9 Å². The molecule has 5 heteroatoms. The molecule has 1 N–H and O–H groups in total. The van der Waals surface area contributed by atoms with Crippen molar-refractivity contribution >= 4 is 16.2 Å². The Hall–Kier alpha value is -0.130. The van der Waals surface area contributed by atoms with E-state index in [1.807, 2.05) is 0 Å². The zero-order valence-corrected chi connectivity index (χ0v) is 10.0. The van der Waals surface area contributed by atoms with E-state index in [0.29, 0.717) is 5.56 Å². The quantitative estimate of drug-likeness (QED) is 0.359. The topological polar surface area (TPSA) is 54.4 Å². The van der Waals surface area contributed by atoms with Crippen LogP contribution >= 0.6 is 0 Å². The summed E-state index contributed by atoms with van der Waals surface area (Å²) in [4.78, 5) is -0.159. The van der Waals surface area contributed by atoms with E-state index in [4.69, 9.17) is 4.55 Å². The average molecular weight is 206 g/mol. The number of rotatable bonds is 2. The van der Waals surface area contributed by atoms with Crippen LogP contribution in [0.1, 0.15) is 5.56 Å². The molecule has 0 spiro atoms. The van der Waals surface area contributed by atoms with Gasteiger partial charge in [0.25, 0.3) is 10.1 Å². The van der Waals surface area contributed by atoms with Crippen LogP contribution in [-0.2, 0) is 10.1 Å². The summed E-state index contributed by atoms with van der Waals surface area (Å²) in [5, 5.41) is 0. The van der Waals surface area contributed by atoms with E-state index in [1.165, 1.54) is 24.3 Å². The Labute approximate surface area is 99.5 Å². The van der Waals surface area contributed by atoms with Crippen LogP contribution in [0.15, 0.2) is 29.7 Å². The van der Waals surface area contributed by atoms with Gasteiger partial charge in [0.2, 0.25) is 0 Å². The summed E-state index contributed by atoms with van der Waals surface area (Å²) in [7, 11) is -4.09. The van der Waals surface area contributed by atoms with E-state index in [-0.39, 0.29) is 34.5 Å². The predicted molar refractivity (Wildman–Crippen MR) is 45.2 cm³/mol. The van der Waals surface area contributed by atoms with Crippen molar-refractivity contribution < 1.29 is 42.5 Å².